The summed E-state index contributed by atoms with van der Waals surface area (Å²) in [7, 11) is 1.75. The van der Waals surface area contributed by atoms with E-state index in [2.05, 4.69) is 12.1 Å². The van der Waals surface area contributed by atoms with Crippen LogP contribution in [0, 0.1) is 0 Å². The van der Waals surface area contributed by atoms with Crippen molar-refractivity contribution in [3.63, 3.8) is 0 Å². The molecule has 0 saturated heterocycles. The first kappa shape index (κ1) is 13.4. The van der Waals surface area contributed by atoms with Gasteiger partial charge in [0.25, 0.3) is 0 Å². The lowest BCUT2D eigenvalue weighted by atomic mass is 10.1. The molecule has 0 aromatic heterocycles. The van der Waals surface area contributed by atoms with Gasteiger partial charge in [-0.15, -0.1) is 0 Å². The number of carbonyl (C=O) groups is 2. The molecule has 0 heterocycles. The van der Waals surface area contributed by atoms with Gasteiger partial charge in [-0.2, -0.15) is 0 Å². The van der Waals surface area contributed by atoms with Crippen LogP contribution in [0.5, 0.6) is 0 Å². The minimum Gasteiger partial charge on any atom is -0.345 e. The van der Waals surface area contributed by atoms with E-state index in [4.69, 9.17) is 0 Å². The Morgan fingerprint density at radius 3 is 2.41 bits per heavy atom. The second kappa shape index (κ2) is 6.84. The summed E-state index contributed by atoms with van der Waals surface area (Å²) in [5.41, 5.74) is 1.28. The highest BCUT2D eigenvalue weighted by Gasteiger charge is 2.10. The van der Waals surface area contributed by atoms with Crippen molar-refractivity contribution in [2.24, 2.45) is 0 Å². The second-order valence-electron chi connectivity index (χ2n) is 4.28. The molecule has 0 N–H and O–H groups in total. The monoisotopic (exact) mass is 233 g/mol. The Bertz CT molecular complexity index is 373. The molecule has 17 heavy (non-hydrogen) atoms. The van der Waals surface area contributed by atoms with Gasteiger partial charge in [-0.1, -0.05) is 30.3 Å². The van der Waals surface area contributed by atoms with Crippen molar-refractivity contribution in [3.8, 4) is 0 Å². The normalized spacial score (nSPS) is 10.0. The molecule has 0 bridgehead atoms. The minimum absolute atomic E-state index is 0.0157. The van der Waals surface area contributed by atoms with Gasteiger partial charge in [-0.05, 0) is 25.3 Å². The highest BCUT2D eigenvalue weighted by molar-refractivity contribution is 5.96. The van der Waals surface area contributed by atoms with E-state index < -0.39 is 0 Å². The quantitative estimate of drug-likeness (QED) is 0.705. The molecule has 0 aliphatic carbocycles. The molecular weight excluding hydrogens is 214 g/mol. The Morgan fingerprint density at radius 1 is 1.18 bits per heavy atom. The Morgan fingerprint density at radius 2 is 1.82 bits per heavy atom. The van der Waals surface area contributed by atoms with Crippen LogP contribution >= 0.6 is 0 Å². The van der Waals surface area contributed by atoms with Gasteiger partial charge >= 0.3 is 0 Å². The first-order chi connectivity index (χ1) is 8.09. The van der Waals surface area contributed by atoms with E-state index in [0.29, 0.717) is 6.54 Å². The fraction of sp³-hybridized carbons (Fsp3) is 0.429. The molecule has 1 amide bonds. The van der Waals surface area contributed by atoms with Gasteiger partial charge in [0.1, 0.15) is 5.78 Å². The highest BCUT2D eigenvalue weighted by Crippen LogP contribution is 2.03. The second-order valence-corrected chi connectivity index (χ2v) is 4.28. The Kier molecular flexibility index (Phi) is 5.40. The van der Waals surface area contributed by atoms with Crippen molar-refractivity contribution in [2.45, 2.75) is 26.2 Å². The fourth-order valence-electron chi connectivity index (χ4n) is 1.64. The zero-order chi connectivity index (χ0) is 12.7. The Balaban J connectivity index is 2.27. The third kappa shape index (κ3) is 5.29. The van der Waals surface area contributed by atoms with Crippen molar-refractivity contribution in [1.29, 1.82) is 0 Å². The molecule has 0 spiro atoms. The van der Waals surface area contributed by atoms with E-state index in [1.807, 2.05) is 18.2 Å². The summed E-state index contributed by atoms with van der Waals surface area (Å²) in [5, 5.41) is 0. The van der Waals surface area contributed by atoms with E-state index in [9.17, 15) is 9.59 Å². The largest absolute Gasteiger partial charge is 0.345 e. The number of ketones is 1. The van der Waals surface area contributed by atoms with Gasteiger partial charge in [-0.3, -0.25) is 9.59 Å². The van der Waals surface area contributed by atoms with Gasteiger partial charge in [0.2, 0.25) is 5.91 Å². The number of nitrogens with zero attached hydrogens (tertiary/aromatic N) is 1. The molecule has 0 aliphatic heterocycles. The molecule has 0 saturated carbocycles. The van der Waals surface area contributed by atoms with Crippen LogP contribution in [0.4, 0.5) is 0 Å². The van der Waals surface area contributed by atoms with Crippen LogP contribution < -0.4 is 0 Å². The molecule has 0 fully saturated rings. The highest BCUT2D eigenvalue weighted by atomic mass is 16.2. The summed E-state index contributed by atoms with van der Waals surface area (Å²) in [4.78, 5) is 23.9. The van der Waals surface area contributed by atoms with E-state index in [1.54, 1.807) is 11.9 Å². The van der Waals surface area contributed by atoms with Gasteiger partial charge in [-0.25, -0.2) is 0 Å². The molecular formula is C14H19NO2. The zero-order valence-corrected chi connectivity index (χ0v) is 10.5. The summed E-state index contributed by atoms with van der Waals surface area (Å²) in [5.74, 6) is -0.171. The third-order valence-electron chi connectivity index (χ3n) is 2.63. The minimum atomic E-state index is -0.0921. The maximum Gasteiger partial charge on any atom is 0.229 e. The van der Waals surface area contributed by atoms with E-state index in [1.165, 1.54) is 12.5 Å². The standard InChI is InChI=1S/C14H19NO2/c1-12(16)11-14(17)15(2)10-6-9-13-7-4-3-5-8-13/h3-5,7-8H,6,9-11H2,1-2H3. The maximum absolute atomic E-state index is 11.5. The molecule has 0 unspecified atom stereocenters. The first-order valence-electron chi connectivity index (χ1n) is 5.87. The molecule has 92 valence electrons. The number of amides is 1. The van der Waals surface area contributed by atoms with Crippen molar-refractivity contribution in [1.82, 2.24) is 4.90 Å². The predicted octanol–water partition coefficient (Wildman–Crippen LogP) is 2.06. The van der Waals surface area contributed by atoms with Crippen molar-refractivity contribution < 1.29 is 9.59 Å². The van der Waals surface area contributed by atoms with Gasteiger partial charge in [0.05, 0.1) is 6.42 Å². The van der Waals surface area contributed by atoms with Crippen LogP contribution in [0.15, 0.2) is 30.3 Å². The Hall–Kier alpha value is -1.64. The maximum atomic E-state index is 11.5. The van der Waals surface area contributed by atoms with Crippen LogP contribution in [-0.4, -0.2) is 30.2 Å². The summed E-state index contributed by atoms with van der Waals surface area (Å²) < 4.78 is 0. The zero-order valence-electron chi connectivity index (χ0n) is 10.5. The molecule has 3 nitrogen and oxygen atoms in total. The molecule has 0 aliphatic rings. The number of hydrogen-bond donors (Lipinski definition) is 0. The Labute approximate surface area is 102 Å². The smallest absolute Gasteiger partial charge is 0.229 e. The number of rotatable bonds is 6. The van der Waals surface area contributed by atoms with Gasteiger partial charge in [0.15, 0.2) is 0 Å². The number of hydrogen-bond acceptors (Lipinski definition) is 2. The van der Waals surface area contributed by atoms with Gasteiger partial charge < -0.3 is 4.90 Å². The van der Waals surface area contributed by atoms with E-state index >= 15 is 0 Å². The molecule has 1 rings (SSSR count). The summed E-state index contributed by atoms with van der Waals surface area (Å²) in [6, 6.07) is 10.2. The molecule has 3 heteroatoms. The topological polar surface area (TPSA) is 37.4 Å². The first-order valence-corrected chi connectivity index (χ1v) is 5.87. The number of carbonyl (C=O) groups excluding carboxylic acids is 2. The van der Waals surface area contributed by atoms with E-state index in [-0.39, 0.29) is 18.1 Å². The molecule has 0 atom stereocenters. The van der Waals surface area contributed by atoms with Crippen LogP contribution in [0.25, 0.3) is 0 Å². The van der Waals surface area contributed by atoms with Gasteiger partial charge in [0, 0.05) is 13.6 Å². The summed E-state index contributed by atoms with van der Waals surface area (Å²) in [6.45, 7) is 2.14. The number of aryl methyl sites for hydroxylation is 1. The molecule has 0 radical (unpaired) electrons. The van der Waals surface area contributed by atoms with Crippen molar-refractivity contribution in [3.05, 3.63) is 35.9 Å². The van der Waals surface area contributed by atoms with Crippen molar-refractivity contribution >= 4 is 11.7 Å². The number of Topliss-reactive ketones (excluding diaryl/α,β-unsaturated/α-hetero) is 1. The summed E-state index contributed by atoms with van der Waals surface area (Å²) >= 11 is 0. The lowest BCUT2D eigenvalue weighted by molar-refractivity contribution is -0.133. The van der Waals surface area contributed by atoms with Crippen LogP contribution in [0.3, 0.4) is 0 Å². The average Bonchev–Trinajstić information content (AvgIpc) is 2.29. The fourth-order valence-corrected chi connectivity index (χ4v) is 1.64. The third-order valence-corrected chi connectivity index (χ3v) is 2.63. The average molecular weight is 233 g/mol. The van der Waals surface area contributed by atoms with Crippen LogP contribution in [0.2, 0.25) is 0 Å². The number of benzene rings is 1. The molecule has 1 aromatic carbocycles. The summed E-state index contributed by atoms with van der Waals surface area (Å²) in [6.07, 6.45) is 1.89. The SMILES string of the molecule is CC(=O)CC(=O)N(C)CCCc1ccccc1. The lowest BCUT2D eigenvalue weighted by Gasteiger charge is -2.16. The van der Waals surface area contributed by atoms with E-state index in [0.717, 1.165) is 12.8 Å². The predicted molar refractivity (Wildman–Crippen MR) is 67.7 cm³/mol. The molecule has 1 aromatic rings. The van der Waals surface area contributed by atoms with Crippen LogP contribution in [-0.2, 0) is 16.0 Å². The lowest BCUT2D eigenvalue weighted by Crippen LogP contribution is -2.29. The van der Waals surface area contributed by atoms with Crippen LogP contribution in [0.1, 0.15) is 25.3 Å². The van der Waals surface area contributed by atoms with Crippen molar-refractivity contribution in [2.75, 3.05) is 13.6 Å².